The average molecular weight is 277 g/mol. The lowest BCUT2D eigenvalue weighted by molar-refractivity contribution is 0.0601. The van der Waals surface area contributed by atoms with Crippen LogP contribution in [0.3, 0.4) is 0 Å². The summed E-state index contributed by atoms with van der Waals surface area (Å²) < 4.78 is 4.84. The largest absolute Gasteiger partial charge is 0.465 e. The van der Waals surface area contributed by atoms with Crippen molar-refractivity contribution in [1.29, 1.82) is 0 Å². The minimum absolute atomic E-state index is 0.345. The number of nitrogens with zero attached hydrogens (tertiary/aromatic N) is 2. The number of likely N-dealkylation sites (tertiary alicyclic amines) is 1. The van der Waals surface area contributed by atoms with E-state index in [1.807, 2.05) is 13.1 Å². The van der Waals surface area contributed by atoms with Crippen LogP contribution in [0.1, 0.15) is 16.8 Å². The first-order valence-electron chi connectivity index (χ1n) is 6.89. The normalized spacial score (nSPS) is 19.1. The Hall–Kier alpha value is -1.75. The quantitative estimate of drug-likeness (QED) is 0.666. The summed E-state index contributed by atoms with van der Waals surface area (Å²) in [4.78, 5) is 16.3. The summed E-state index contributed by atoms with van der Waals surface area (Å²) in [6.07, 6.45) is 1.18. The lowest BCUT2D eigenvalue weighted by Gasteiger charge is -2.26. The summed E-state index contributed by atoms with van der Waals surface area (Å²) in [6, 6.07) is 5.36. The van der Waals surface area contributed by atoms with Crippen molar-refractivity contribution in [2.45, 2.75) is 6.42 Å². The first-order chi connectivity index (χ1) is 9.52. The molecule has 0 aliphatic carbocycles. The van der Waals surface area contributed by atoms with Crippen molar-refractivity contribution < 1.29 is 9.53 Å². The summed E-state index contributed by atoms with van der Waals surface area (Å²) in [5.41, 5.74) is 7.97. The van der Waals surface area contributed by atoms with Gasteiger partial charge in [-0.05, 0) is 38.1 Å². The van der Waals surface area contributed by atoms with E-state index in [1.165, 1.54) is 13.5 Å². The number of carbonyl (C=O) groups is 1. The average Bonchev–Trinajstić information content (AvgIpc) is 2.82. The number of esters is 1. The Morgan fingerprint density at radius 3 is 2.90 bits per heavy atom. The lowest BCUT2D eigenvalue weighted by Crippen LogP contribution is -2.29. The Kier molecular flexibility index (Phi) is 4.49. The van der Waals surface area contributed by atoms with Crippen molar-refractivity contribution in [2.75, 3.05) is 51.5 Å². The van der Waals surface area contributed by atoms with Crippen LogP contribution in [0.15, 0.2) is 18.2 Å². The Morgan fingerprint density at radius 1 is 1.55 bits per heavy atom. The summed E-state index contributed by atoms with van der Waals surface area (Å²) in [6.45, 7) is 3.11. The molecule has 1 heterocycles. The summed E-state index contributed by atoms with van der Waals surface area (Å²) in [5.74, 6) is 0.262. The lowest BCUT2D eigenvalue weighted by atomic mass is 10.1. The molecule has 1 unspecified atom stereocenters. The van der Waals surface area contributed by atoms with Crippen LogP contribution in [-0.4, -0.2) is 51.7 Å². The maximum atomic E-state index is 11.9. The Balaban J connectivity index is 2.20. The van der Waals surface area contributed by atoms with Crippen LogP contribution in [0.25, 0.3) is 0 Å². The molecule has 0 radical (unpaired) electrons. The van der Waals surface area contributed by atoms with E-state index in [0.717, 1.165) is 25.3 Å². The SMILES string of the molecule is COC(=O)c1cccc(N)c1N(C)CC1CCN(C)C1. The first-order valence-corrected chi connectivity index (χ1v) is 6.89. The summed E-state index contributed by atoms with van der Waals surface area (Å²) in [7, 11) is 5.51. The smallest absolute Gasteiger partial charge is 0.340 e. The maximum absolute atomic E-state index is 11.9. The molecule has 0 amide bonds. The van der Waals surface area contributed by atoms with Gasteiger partial charge in [-0.25, -0.2) is 4.79 Å². The van der Waals surface area contributed by atoms with E-state index in [-0.39, 0.29) is 5.97 Å². The Bertz CT molecular complexity index is 490. The molecule has 1 aliphatic heterocycles. The topological polar surface area (TPSA) is 58.8 Å². The number of benzene rings is 1. The van der Waals surface area contributed by atoms with Crippen LogP contribution in [0.5, 0.6) is 0 Å². The predicted octanol–water partition coefficient (Wildman–Crippen LogP) is 1.44. The third-order valence-corrected chi connectivity index (χ3v) is 3.88. The number of carbonyl (C=O) groups excluding carboxylic acids is 1. The van der Waals surface area contributed by atoms with Gasteiger partial charge in [-0.1, -0.05) is 6.07 Å². The number of nitrogen functional groups attached to an aromatic ring is 1. The summed E-state index contributed by atoms with van der Waals surface area (Å²) in [5, 5.41) is 0. The molecule has 2 rings (SSSR count). The van der Waals surface area contributed by atoms with Gasteiger partial charge in [0.15, 0.2) is 0 Å². The maximum Gasteiger partial charge on any atom is 0.340 e. The molecule has 1 aromatic carbocycles. The number of hydrogen-bond acceptors (Lipinski definition) is 5. The zero-order valence-corrected chi connectivity index (χ0v) is 12.4. The van der Waals surface area contributed by atoms with Gasteiger partial charge in [-0.15, -0.1) is 0 Å². The van der Waals surface area contributed by atoms with E-state index in [0.29, 0.717) is 17.2 Å². The second kappa shape index (κ2) is 6.13. The first kappa shape index (κ1) is 14.7. The van der Waals surface area contributed by atoms with Gasteiger partial charge in [-0.2, -0.15) is 0 Å². The van der Waals surface area contributed by atoms with Gasteiger partial charge in [0.25, 0.3) is 0 Å². The van der Waals surface area contributed by atoms with Crippen LogP contribution in [0.4, 0.5) is 11.4 Å². The highest BCUT2D eigenvalue weighted by Crippen LogP contribution is 2.29. The molecule has 5 heteroatoms. The van der Waals surface area contributed by atoms with Gasteiger partial charge in [-0.3, -0.25) is 0 Å². The number of ether oxygens (including phenoxy) is 1. The van der Waals surface area contributed by atoms with Crippen LogP contribution in [0, 0.1) is 5.92 Å². The number of para-hydroxylation sites is 1. The highest BCUT2D eigenvalue weighted by atomic mass is 16.5. The molecule has 0 aromatic heterocycles. The van der Waals surface area contributed by atoms with Gasteiger partial charge in [0.1, 0.15) is 0 Å². The molecule has 1 atom stereocenters. The molecule has 2 N–H and O–H groups in total. The van der Waals surface area contributed by atoms with E-state index >= 15 is 0 Å². The number of nitrogens with two attached hydrogens (primary N) is 1. The van der Waals surface area contributed by atoms with Crippen molar-refractivity contribution in [2.24, 2.45) is 5.92 Å². The zero-order valence-electron chi connectivity index (χ0n) is 12.4. The molecule has 1 saturated heterocycles. The van der Waals surface area contributed by atoms with E-state index in [9.17, 15) is 4.79 Å². The van der Waals surface area contributed by atoms with Crippen molar-refractivity contribution in [3.05, 3.63) is 23.8 Å². The van der Waals surface area contributed by atoms with Crippen LogP contribution >= 0.6 is 0 Å². The van der Waals surface area contributed by atoms with E-state index in [2.05, 4.69) is 16.8 Å². The highest BCUT2D eigenvalue weighted by Gasteiger charge is 2.24. The fourth-order valence-corrected chi connectivity index (χ4v) is 2.92. The molecule has 20 heavy (non-hydrogen) atoms. The van der Waals surface area contributed by atoms with Gasteiger partial charge in [0.05, 0.1) is 24.0 Å². The van der Waals surface area contributed by atoms with Gasteiger partial charge in [0, 0.05) is 20.1 Å². The predicted molar refractivity (Wildman–Crippen MR) is 81.1 cm³/mol. The van der Waals surface area contributed by atoms with E-state index < -0.39 is 0 Å². The third-order valence-electron chi connectivity index (χ3n) is 3.88. The molecular weight excluding hydrogens is 254 g/mol. The van der Waals surface area contributed by atoms with Gasteiger partial charge in [0.2, 0.25) is 0 Å². The van der Waals surface area contributed by atoms with Crippen LogP contribution in [0.2, 0.25) is 0 Å². The molecule has 0 bridgehead atoms. The number of rotatable bonds is 4. The number of methoxy groups -OCH3 is 1. The molecule has 1 aliphatic rings. The Morgan fingerprint density at radius 2 is 2.30 bits per heavy atom. The summed E-state index contributed by atoms with van der Waals surface area (Å²) >= 11 is 0. The molecule has 110 valence electrons. The van der Waals surface area contributed by atoms with Crippen molar-refractivity contribution in [1.82, 2.24) is 4.90 Å². The zero-order chi connectivity index (χ0) is 14.7. The third kappa shape index (κ3) is 3.04. The number of hydrogen-bond donors (Lipinski definition) is 1. The van der Waals surface area contributed by atoms with Gasteiger partial charge >= 0.3 is 5.97 Å². The fraction of sp³-hybridized carbons (Fsp3) is 0.533. The standard InChI is InChI=1S/C15H23N3O2/c1-17-8-7-11(9-17)10-18(2)14-12(15(19)20-3)5-4-6-13(14)16/h4-6,11H,7-10,16H2,1-3H3. The minimum atomic E-state index is -0.345. The monoisotopic (exact) mass is 277 g/mol. The number of anilines is 2. The minimum Gasteiger partial charge on any atom is -0.465 e. The van der Waals surface area contributed by atoms with Gasteiger partial charge < -0.3 is 20.3 Å². The van der Waals surface area contributed by atoms with Crippen molar-refractivity contribution in [3.63, 3.8) is 0 Å². The second-order valence-corrected chi connectivity index (χ2v) is 5.53. The molecular formula is C15H23N3O2. The Labute approximate surface area is 120 Å². The van der Waals surface area contributed by atoms with Crippen LogP contribution < -0.4 is 10.6 Å². The molecule has 0 spiro atoms. The second-order valence-electron chi connectivity index (χ2n) is 5.53. The molecule has 0 saturated carbocycles. The van der Waals surface area contributed by atoms with Crippen LogP contribution in [-0.2, 0) is 4.74 Å². The van der Waals surface area contributed by atoms with Crippen molar-refractivity contribution >= 4 is 17.3 Å². The highest BCUT2D eigenvalue weighted by molar-refractivity contribution is 5.99. The molecule has 5 nitrogen and oxygen atoms in total. The molecule has 1 fully saturated rings. The van der Waals surface area contributed by atoms with E-state index in [4.69, 9.17) is 10.5 Å². The molecule has 1 aromatic rings. The van der Waals surface area contributed by atoms with E-state index in [1.54, 1.807) is 12.1 Å². The van der Waals surface area contributed by atoms with Crippen molar-refractivity contribution in [3.8, 4) is 0 Å². The fourth-order valence-electron chi connectivity index (χ4n) is 2.92.